The summed E-state index contributed by atoms with van der Waals surface area (Å²) in [6.45, 7) is -4.92. The van der Waals surface area contributed by atoms with Crippen molar-refractivity contribution in [3.63, 3.8) is 0 Å². The molecule has 0 saturated carbocycles. The van der Waals surface area contributed by atoms with Gasteiger partial charge >= 0.3 is 77.7 Å². The second kappa shape index (κ2) is 15.6. The molecule has 0 aliphatic heterocycles. The topological polar surface area (TPSA) is 64.6 Å². The monoisotopic (exact) mass is 915 g/mol. The fourth-order valence-corrected chi connectivity index (χ4v) is 4.57. The first-order chi connectivity index (χ1) is 25.4. The largest absolute Gasteiger partial charge is 0.533 e. The number of hydrogen-bond acceptors (Lipinski definition) is 5. The molecule has 1 aromatic rings. The maximum absolute atomic E-state index is 15.1. The van der Waals surface area contributed by atoms with E-state index in [2.05, 4.69) is 9.57 Å². The number of rotatable bonds is 18. The van der Waals surface area contributed by atoms with Crippen LogP contribution in [-0.4, -0.2) is 90.6 Å². The van der Waals surface area contributed by atoms with Gasteiger partial charge in [0.15, 0.2) is 0 Å². The highest BCUT2D eigenvalue weighted by Crippen LogP contribution is 2.65. The Morgan fingerprint density at radius 3 is 1.21 bits per heavy atom. The molecular formula is C27H19F26NO4. The lowest BCUT2D eigenvalue weighted by Crippen LogP contribution is -2.72. The van der Waals surface area contributed by atoms with E-state index in [0.29, 0.717) is 0 Å². The number of alkyl halides is 26. The zero-order valence-corrected chi connectivity index (χ0v) is 27.5. The summed E-state index contributed by atoms with van der Waals surface area (Å²) in [7, 11) is 0. The second-order valence-corrected chi connectivity index (χ2v) is 11.9. The Bertz CT molecular complexity index is 1520. The fraction of sp³-hybridized carbons (Fsp3) is 0.704. The summed E-state index contributed by atoms with van der Waals surface area (Å²) in [4.78, 5) is 26.9. The number of para-hydroxylation sites is 1. The Hall–Kier alpha value is -3.86. The number of hydrogen-bond donors (Lipinski definition) is 1. The van der Waals surface area contributed by atoms with E-state index in [4.69, 9.17) is 0 Å². The first-order valence-corrected chi connectivity index (χ1v) is 14.4. The van der Waals surface area contributed by atoms with Crippen molar-refractivity contribution in [1.82, 2.24) is 0 Å². The van der Waals surface area contributed by atoms with Gasteiger partial charge in [0.05, 0.1) is 12.3 Å². The number of benzene rings is 1. The minimum atomic E-state index is -8.74. The first kappa shape index (κ1) is 52.2. The molecule has 338 valence electrons. The molecule has 0 fully saturated rings. The molecule has 1 aromatic carbocycles. The van der Waals surface area contributed by atoms with Crippen LogP contribution in [0.2, 0.25) is 0 Å². The van der Waals surface area contributed by atoms with Crippen molar-refractivity contribution in [2.45, 2.75) is 91.8 Å². The highest BCUT2D eigenvalue weighted by molar-refractivity contribution is 5.65. The van der Waals surface area contributed by atoms with Crippen molar-refractivity contribution in [2.24, 2.45) is 17.8 Å². The number of ether oxygens (including phenoxy) is 1. The van der Waals surface area contributed by atoms with Gasteiger partial charge < -0.3 is 14.4 Å². The molecule has 1 rings (SSSR count). The van der Waals surface area contributed by atoms with E-state index < -0.39 is 128 Å². The van der Waals surface area contributed by atoms with Crippen LogP contribution in [0, 0.1) is 17.8 Å². The molecule has 0 saturated heterocycles. The standard InChI is InChI=1S/C27H19F26NO4/c1-10(16(28,29)18(32,33)20(36,37)22(40,41)24(44,45)26(48,49)50)13(9-57-15(56)58-54-14-6-4-3-5-12(14)7-8-55)11(2)17(30,31)19(34,35)21(38,39)23(42,43)25(46,47)27(51,52)53/h3-6,8,10-11,13,54H,7,9H2,1-2H3. The highest BCUT2D eigenvalue weighted by atomic mass is 19.4. The molecule has 0 amide bonds. The van der Waals surface area contributed by atoms with Crippen LogP contribution in [0.4, 0.5) is 125 Å². The Morgan fingerprint density at radius 2 is 0.879 bits per heavy atom. The zero-order chi connectivity index (χ0) is 46.5. The van der Waals surface area contributed by atoms with E-state index in [1.807, 2.05) is 0 Å². The Morgan fingerprint density at radius 1 is 0.552 bits per heavy atom. The number of aldehydes is 1. The summed E-state index contributed by atoms with van der Waals surface area (Å²) in [6.07, 6.45) is -19.0. The molecule has 31 heteroatoms. The van der Waals surface area contributed by atoms with E-state index in [-0.39, 0.29) is 11.8 Å². The van der Waals surface area contributed by atoms with Crippen LogP contribution >= 0.6 is 0 Å². The van der Waals surface area contributed by atoms with E-state index >= 15 is 17.6 Å². The lowest BCUT2D eigenvalue weighted by Gasteiger charge is -2.45. The predicted octanol–water partition coefficient (Wildman–Crippen LogP) is 11.3. The summed E-state index contributed by atoms with van der Waals surface area (Å²) in [5.41, 5.74) is 0.968. The fourth-order valence-electron chi connectivity index (χ4n) is 4.57. The van der Waals surface area contributed by atoms with Gasteiger partial charge in [-0.05, 0) is 11.6 Å². The summed E-state index contributed by atoms with van der Waals surface area (Å²) in [5.74, 6) is -98.1. The smallest absolute Gasteiger partial charge is 0.432 e. The van der Waals surface area contributed by atoms with Crippen molar-refractivity contribution >= 4 is 18.1 Å². The number of carbonyl (C=O) groups excluding carboxylic acids is 2. The third kappa shape index (κ3) is 8.05. The molecule has 1 N–H and O–H groups in total. The molecular weight excluding hydrogens is 896 g/mol. The summed E-state index contributed by atoms with van der Waals surface area (Å²) >= 11 is 0. The molecule has 2 atom stereocenters. The summed E-state index contributed by atoms with van der Waals surface area (Å²) in [6, 6.07) is 4.29. The van der Waals surface area contributed by atoms with Gasteiger partial charge in [0, 0.05) is 24.2 Å². The van der Waals surface area contributed by atoms with Crippen molar-refractivity contribution in [3.8, 4) is 0 Å². The first-order valence-electron chi connectivity index (χ1n) is 14.4. The zero-order valence-electron chi connectivity index (χ0n) is 27.5. The summed E-state index contributed by atoms with van der Waals surface area (Å²) < 4.78 is 362. The minimum Gasteiger partial charge on any atom is -0.432 e. The number of nitrogens with one attached hydrogen (secondary N) is 1. The van der Waals surface area contributed by atoms with E-state index in [0.717, 1.165) is 18.2 Å². The van der Waals surface area contributed by atoms with Crippen molar-refractivity contribution in [3.05, 3.63) is 29.8 Å². The molecule has 0 spiro atoms. The minimum absolute atomic E-state index is 0.128. The third-order valence-corrected chi connectivity index (χ3v) is 8.30. The van der Waals surface area contributed by atoms with Crippen molar-refractivity contribution < 1.29 is 133 Å². The molecule has 0 bridgehead atoms. The molecule has 0 aliphatic rings. The molecule has 5 nitrogen and oxygen atoms in total. The average Bonchev–Trinajstić information content (AvgIpc) is 3.05. The molecule has 0 aliphatic carbocycles. The second-order valence-electron chi connectivity index (χ2n) is 11.9. The molecule has 0 heterocycles. The molecule has 58 heavy (non-hydrogen) atoms. The van der Waals surface area contributed by atoms with Gasteiger partial charge in [-0.15, -0.1) is 0 Å². The number of carbonyl (C=O) groups is 2. The van der Waals surface area contributed by atoms with Gasteiger partial charge in [-0.2, -0.15) is 114 Å². The van der Waals surface area contributed by atoms with Gasteiger partial charge in [-0.3, -0.25) is 0 Å². The Kier molecular flexibility index (Phi) is 14.1. The molecule has 2 unspecified atom stereocenters. The van der Waals surface area contributed by atoms with Crippen LogP contribution in [-0.2, 0) is 20.8 Å². The van der Waals surface area contributed by atoms with E-state index in [9.17, 15) is 106 Å². The van der Waals surface area contributed by atoms with Gasteiger partial charge in [-0.1, -0.05) is 32.0 Å². The molecule has 0 aromatic heterocycles. The van der Waals surface area contributed by atoms with E-state index in [1.54, 1.807) is 5.48 Å². The van der Waals surface area contributed by atoms with Gasteiger partial charge in [0.1, 0.15) is 6.29 Å². The van der Waals surface area contributed by atoms with Gasteiger partial charge in [0.2, 0.25) is 0 Å². The van der Waals surface area contributed by atoms with Crippen LogP contribution in [0.15, 0.2) is 24.3 Å². The third-order valence-electron chi connectivity index (χ3n) is 8.30. The maximum atomic E-state index is 15.1. The Labute approximate surface area is 303 Å². The predicted molar refractivity (Wildman–Crippen MR) is 136 cm³/mol. The van der Waals surface area contributed by atoms with Crippen LogP contribution in [0.25, 0.3) is 0 Å². The van der Waals surface area contributed by atoms with Crippen LogP contribution in [0.3, 0.4) is 0 Å². The van der Waals surface area contributed by atoms with Crippen LogP contribution in [0.5, 0.6) is 0 Å². The Balaban J connectivity index is 3.97. The lowest BCUT2D eigenvalue weighted by atomic mass is 9.72. The summed E-state index contributed by atoms with van der Waals surface area (Å²) in [5, 5.41) is 0. The van der Waals surface area contributed by atoms with Crippen LogP contribution < -0.4 is 5.48 Å². The highest BCUT2D eigenvalue weighted by Gasteiger charge is 2.93. The van der Waals surface area contributed by atoms with E-state index in [1.165, 1.54) is 6.07 Å². The normalized spacial score (nSPS) is 16.7. The quantitative estimate of drug-likeness (QED) is 0.0688. The maximum Gasteiger partial charge on any atom is 0.533 e. The SMILES string of the molecule is CC(C(COC(=O)ONc1ccccc1CC=O)C(C)C(F)(F)C(F)(F)C(F)(F)C(F)(F)C(F)(F)C(F)(F)F)C(F)(F)C(F)(F)C(F)(F)C(F)(F)C(F)(F)C(F)(F)F. The van der Waals surface area contributed by atoms with Crippen LogP contribution in [0.1, 0.15) is 19.4 Å². The lowest BCUT2D eigenvalue weighted by molar-refractivity contribution is -0.448. The van der Waals surface area contributed by atoms with Gasteiger partial charge in [0.25, 0.3) is 0 Å². The number of anilines is 1. The van der Waals surface area contributed by atoms with Gasteiger partial charge in [-0.25, -0.2) is 10.3 Å². The molecule has 0 radical (unpaired) electrons. The van der Waals surface area contributed by atoms with Crippen molar-refractivity contribution in [2.75, 3.05) is 12.1 Å². The number of halogens is 26. The average molecular weight is 915 g/mol. The van der Waals surface area contributed by atoms with Crippen molar-refractivity contribution in [1.29, 1.82) is 0 Å².